The van der Waals surface area contributed by atoms with Crippen molar-refractivity contribution in [2.24, 2.45) is 5.92 Å². The molecule has 8 nitrogen and oxygen atoms in total. The van der Waals surface area contributed by atoms with Gasteiger partial charge in [-0.3, -0.25) is 4.79 Å². The maximum atomic E-state index is 12.7. The molecule has 0 bridgehead atoms. The van der Waals surface area contributed by atoms with Crippen LogP contribution in [0.4, 0.5) is 0 Å². The van der Waals surface area contributed by atoms with Gasteiger partial charge in [0.15, 0.2) is 18.1 Å². The van der Waals surface area contributed by atoms with Crippen LogP contribution in [0.25, 0.3) is 0 Å². The topological polar surface area (TPSA) is 104 Å². The van der Waals surface area contributed by atoms with Crippen LogP contribution in [0.1, 0.15) is 69.7 Å². The standard InChI is InChI=1S/C24H31NO7/c1-7-30-24(28)22-16(5)25-15(4)21(22)18(26)13-32-23(27)17-8-9-19(20(12-17)29-6)31-11-10-14(2)3/h8-9,12,14,25H,7,10-11,13H2,1-6H3. The Labute approximate surface area is 188 Å². The Morgan fingerprint density at radius 1 is 0.969 bits per heavy atom. The Hall–Kier alpha value is -3.29. The van der Waals surface area contributed by atoms with E-state index in [2.05, 4.69) is 18.8 Å². The third-order valence-electron chi connectivity index (χ3n) is 4.82. The number of esters is 2. The molecule has 2 rings (SSSR count). The van der Waals surface area contributed by atoms with Gasteiger partial charge < -0.3 is 23.9 Å². The number of aromatic amines is 1. The van der Waals surface area contributed by atoms with E-state index >= 15 is 0 Å². The molecule has 1 heterocycles. The molecule has 1 N–H and O–H groups in total. The molecule has 0 aliphatic carbocycles. The van der Waals surface area contributed by atoms with Crippen LogP contribution in [0.15, 0.2) is 18.2 Å². The molecule has 1 aromatic heterocycles. The third-order valence-corrected chi connectivity index (χ3v) is 4.82. The molecule has 0 amide bonds. The van der Waals surface area contributed by atoms with Gasteiger partial charge in [0, 0.05) is 11.4 Å². The molecular weight excluding hydrogens is 414 g/mol. The fourth-order valence-corrected chi connectivity index (χ4v) is 3.19. The van der Waals surface area contributed by atoms with Crippen molar-refractivity contribution in [3.05, 3.63) is 46.3 Å². The van der Waals surface area contributed by atoms with Gasteiger partial charge in [-0.15, -0.1) is 0 Å². The Bertz CT molecular complexity index is 975. The van der Waals surface area contributed by atoms with Crippen molar-refractivity contribution in [2.45, 2.75) is 41.0 Å². The van der Waals surface area contributed by atoms with Gasteiger partial charge in [-0.05, 0) is 51.3 Å². The van der Waals surface area contributed by atoms with Crippen LogP contribution in [-0.4, -0.2) is 49.6 Å². The highest BCUT2D eigenvalue weighted by Gasteiger charge is 2.26. The minimum atomic E-state index is -0.687. The summed E-state index contributed by atoms with van der Waals surface area (Å²) < 4.78 is 21.3. The minimum absolute atomic E-state index is 0.162. The number of Topliss-reactive ketones (excluding diaryl/α,β-unsaturated/α-hetero) is 1. The van der Waals surface area contributed by atoms with Crippen LogP contribution in [-0.2, 0) is 9.47 Å². The molecule has 0 unspecified atom stereocenters. The van der Waals surface area contributed by atoms with Gasteiger partial charge in [-0.25, -0.2) is 9.59 Å². The average molecular weight is 446 g/mol. The molecule has 1 aromatic carbocycles. The molecule has 0 atom stereocenters. The second kappa shape index (κ2) is 11.4. The monoisotopic (exact) mass is 445 g/mol. The van der Waals surface area contributed by atoms with Gasteiger partial charge >= 0.3 is 11.9 Å². The van der Waals surface area contributed by atoms with Crippen LogP contribution in [0, 0.1) is 19.8 Å². The van der Waals surface area contributed by atoms with Crippen LogP contribution < -0.4 is 9.47 Å². The Morgan fingerprint density at radius 3 is 2.28 bits per heavy atom. The Morgan fingerprint density at radius 2 is 1.66 bits per heavy atom. The number of ether oxygens (including phenoxy) is 4. The summed E-state index contributed by atoms with van der Waals surface area (Å²) in [6.45, 7) is 9.45. The maximum Gasteiger partial charge on any atom is 0.340 e. The fraction of sp³-hybridized carbons (Fsp3) is 0.458. The zero-order valence-corrected chi connectivity index (χ0v) is 19.5. The molecule has 0 radical (unpaired) electrons. The summed E-state index contributed by atoms with van der Waals surface area (Å²) in [5.41, 5.74) is 1.58. The first kappa shape index (κ1) is 25.0. The quantitative estimate of drug-likeness (QED) is 0.407. The number of hydrogen-bond donors (Lipinski definition) is 1. The van der Waals surface area contributed by atoms with Crippen molar-refractivity contribution >= 4 is 17.7 Å². The lowest BCUT2D eigenvalue weighted by Gasteiger charge is -2.13. The van der Waals surface area contributed by atoms with E-state index in [0.717, 1.165) is 6.42 Å². The van der Waals surface area contributed by atoms with Gasteiger partial charge in [0.1, 0.15) is 0 Å². The zero-order valence-electron chi connectivity index (χ0n) is 19.5. The number of H-pyrrole nitrogens is 1. The summed E-state index contributed by atoms with van der Waals surface area (Å²) in [7, 11) is 1.48. The van der Waals surface area contributed by atoms with Gasteiger partial charge in [-0.1, -0.05) is 13.8 Å². The predicted molar refractivity (Wildman–Crippen MR) is 119 cm³/mol. The van der Waals surface area contributed by atoms with E-state index in [-0.39, 0.29) is 23.3 Å². The first-order valence-electron chi connectivity index (χ1n) is 10.6. The number of rotatable bonds is 11. The smallest absolute Gasteiger partial charge is 0.340 e. The molecule has 0 saturated carbocycles. The molecule has 0 aliphatic heterocycles. The minimum Gasteiger partial charge on any atom is -0.493 e. The number of carbonyl (C=O) groups is 3. The average Bonchev–Trinajstić information content (AvgIpc) is 3.05. The number of ketones is 1. The molecule has 0 aliphatic rings. The summed E-state index contributed by atoms with van der Waals surface area (Å²) in [5, 5.41) is 0. The zero-order chi connectivity index (χ0) is 23.8. The van der Waals surface area contributed by atoms with Gasteiger partial charge in [0.05, 0.1) is 37.0 Å². The highest BCUT2D eigenvalue weighted by atomic mass is 16.5. The number of methoxy groups -OCH3 is 1. The number of carbonyl (C=O) groups excluding carboxylic acids is 3. The summed E-state index contributed by atoms with van der Waals surface area (Å²) in [6, 6.07) is 4.69. The third kappa shape index (κ3) is 6.12. The molecular formula is C24H31NO7. The van der Waals surface area contributed by atoms with E-state index in [1.54, 1.807) is 32.9 Å². The number of benzene rings is 1. The lowest BCUT2D eigenvalue weighted by atomic mass is 10.1. The molecule has 0 saturated heterocycles. The fourth-order valence-electron chi connectivity index (χ4n) is 3.19. The first-order valence-corrected chi connectivity index (χ1v) is 10.6. The number of aryl methyl sites for hydroxylation is 2. The van der Waals surface area contributed by atoms with Crippen molar-refractivity contribution < 1.29 is 33.3 Å². The summed E-state index contributed by atoms with van der Waals surface area (Å²) in [6.07, 6.45) is 0.890. The first-order chi connectivity index (χ1) is 15.2. The number of hydrogen-bond acceptors (Lipinski definition) is 7. The van der Waals surface area contributed by atoms with Crippen LogP contribution >= 0.6 is 0 Å². The van der Waals surface area contributed by atoms with Crippen molar-refractivity contribution in [1.82, 2.24) is 4.98 Å². The molecule has 8 heteroatoms. The van der Waals surface area contributed by atoms with E-state index in [1.165, 1.54) is 13.2 Å². The second-order valence-electron chi connectivity index (χ2n) is 7.74. The van der Waals surface area contributed by atoms with E-state index in [0.29, 0.717) is 35.4 Å². The Kier molecular flexibility index (Phi) is 8.87. The maximum absolute atomic E-state index is 12.7. The van der Waals surface area contributed by atoms with Crippen LogP contribution in [0.5, 0.6) is 11.5 Å². The van der Waals surface area contributed by atoms with Crippen molar-refractivity contribution in [1.29, 1.82) is 0 Å². The summed E-state index contributed by atoms with van der Waals surface area (Å²) in [5.74, 6) is -0.349. The lowest BCUT2D eigenvalue weighted by molar-refractivity contribution is 0.0471. The lowest BCUT2D eigenvalue weighted by Crippen LogP contribution is -2.18. The van der Waals surface area contributed by atoms with Crippen molar-refractivity contribution in [3.8, 4) is 11.5 Å². The normalized spacial score (nSPS) is 10.7. The summed E-state index contributed by atoms with van der Waals surface area (Å²) >= 11 is 0. The van der Waals surface area contributed by atoms with Crippen molar-refractivity contribution in [3.63, 3.8) is 0 Å². The molecule has 0 spiro atoms. The molecule has 174 valence electrons. The highest BCUT2D eigenvalue weighted by molar-refractivity contribution is 6.09. The highest BCUT2D eigenvalue weighted by Crippen LogP contribution is 2.29. The van der Waals surface area contributed by atoms with Gasteiger partial charge in [0.25, 0.3) is 0 Å². The summed E-state index contributed by atoms with van der Waals surface area (Å²) in [4.78, 5) is 40.5. The Balaban J connectivity index is 2.09. The van der Waals surface area contributed by atoms with E-state index in [1.807, 2.05) is 0 Å². The van der Waals surface area contributed by atoms with Gasteiger partial charge in [-0.2, -0.15) is 0 Å². The van der Waals surface area contributed by atoms with Crippen LogP contribution in [0.3, 0.4) is 0 Å². The van der Waals surface area contributed by atoms with Gasteiger partial charge in [0.2, 0.25) is 5.78 Å². The predicted octanol–water partition coefficient (Wildman–Crippen LogP) is 4.28. The number of nitrogens with one attached hydrogen (secondary N) is 1. The second-order valence-corrected chi connectivity index (χ2v) is 7.74. The molecule has 0 fully saturated rings. The number of aromatic nitrogens is 1. The molecule has 32 heavy (non-hydrogen) atoms. The van der Waals surface area contributed by atoms with Crippen LogP contribution in [0.2, 0.25) is 0 Å². The van der Waals surface area contributed by atoms with E-state index < -0.39 is 24.3 Å². The van der Waals surface area contributed by atoms with E-state index in [4.69, 9.17) is 18.9 Å². The SMILES string of the molecule is CCOC(=O)c1c(C)[nH]c(C)c1C(=O)COC(=O)c1ccc(OCCC(C)C)c(OC)c1. The molecule has 2 aromatic rings. The largest absolute Gasteiger partial charge is 0.493 e. The van der Waals surface area contributed by atoms with E-state index in [9.17, 15) is 14.4 Å². The van der Waals surface area contributed by atoms with Crippen molar-refractivity contribution in [2.75, 3.05) is 26.9 Å².